The Hall–Kier alpha value is -0.610. The predicted molar refractivity (Wildman–Crippen MR) is 60.7 cm³/mol. The van der Waals surface area contributed by atoms with Crippen molar-refractivity contribution in [2.24, 2.45) is 10.7 Å². The maximum Gasteiger partial charge on any atom is 0.0797 e. The first-order valence-electron chi connectivity index (χ1n) is 5.44. The molecule has 0 unspecified atom stereocenters. The largest absolute Gasteiger partial charge is 0.390 e. The molecule has 0 spiro atoms. The van der Waals surface area contributed by atoms with Gasteiger partial charge in [0.1, 0.15) is 0 Å². The van der Waals surface area contributed by atoms with Crippen LogP contribution in [-0.4, -0.2) is 62.5 Å². The second-order valence-electron chi connectivity index (χ2n) is 3.91. The van der Waals surface area contributed by atoms with Crippen LogP contribution in [0.2, 0.25) is 0 Å². The number of aliphatic imine (C=N–C) groups is 1. The molecule has 14 heavy (non-hydrogen) atoms. The van der Waals surface area contributed by atoms with Gasteiger partial charge in [-0.3, -0.25) is 4.99 Å². The number of likely N-dealkylation sites (N-methyl/N-ethyl adjacent to an activating group) is 1. The molecule has 1 heterocycles. The minimum atomic E-state index is 0.879. The molecule has 4 heteroatoms. The van der Waals surface area contributed by atoms with Gasteiger partial charge in [0.25, 0.3) is 0 Å². The van der Waals surface area contributed by atoms with Crippen LogP contribution in [0.5, 0.6) is 0 Å². The Morgan fingerprint density at radius 1 is 1.21 bits per heavy atom. The number of rotatable bonds is 5. The van der Waals surface area contributed by atoms with Crippen molar-refractivity contribution in [1.29, 1.82) is 0 Å². The zero-order chi connectivity index (χ0) is 10.2. The van der Waals surface area contributed by atoms with Gasteiger partial charge in [0.15, 0.2) is 0 Å². The molecular weight excluding hydrogens is 176 g/mol. The smallest absolute Gasteiger partial charge is 0.0797 e. The minimum Gasteiger partial charge on any atom is -0.390 e. The fraction of sp³-hybridized carbons (Fsp3) is 0.900. The van der Waals surface area contributed by atoms with Gasteiger partial charge in [-0.15, -0.1) is 0 Å². The molecule has 0 aromatic rings. The van der Waals surface area contributed by atoms with Crippen LogP contribution in [-0.2, 0) is 0 Å². The zero-order valence-corrected chi connectivity index (χ0v) is 9.15. The lowest BCUT2D eigenvalue weighted by atomic mass is 10.2. The summed E-state index contributed by atoms with van der Waals surface area (Å²) >= 11 is 0. The van der Waals surface area contributed by atoms with Gasteiger partial charge in [0.05, 0.1) is 6.34 Å². The van der Waals surface area contributed by atoms with Crippen LogP contribution in [0, 0.1) is 0 Å². The molecule has 1 saturated heterocycles. The number of piperazine rings is 1. The van der Waals surface area contributed by atoms with Crippen molar-refractivity contribution in [1.82, 2.24) is 9.80 Å². The molecule has 1 rings (SSSR count). The van der Waals surface area contributed by atoms with Crippen LogP contribution in [0.1, 0.15) is 12.8 Å². The third-order valence-electron chi connectivity index (χ3n) is 2.71. The summed E-state index contributed by atoms with van der Waals surface area (Å²) in [5.74, 6) is 0. The van der Waals surface area contributed by atoms with E-state index in [-0.39, 0.29) is 0 Å². The highest BCUT2D eigenvalue weighted by Crippen LogP contribution is 2.01. The molecule has 0 amide bonds. The summed E-state index contributed by atoms with van der Waals surface area (Å²) in [5, 5.41) is 0. The normalized spacial score (nSPS) is 20.6. The van der Waals surface area contributed by atoms with Crippen molar-refractivity contribution in [2.75, 3.05) is 46.3 Å². The summed E-state index contributed by atoms with van der Waals surface area (Å²) in [6.45, 7) is 6.95. The average Bonchev–Trinajstić information content (AvgIpc) is 2.21. The van der Waals surface area contributed by atoms with Crippen molar-refractivity contribution < 1.29 is 0 Å². The van der Waals surface area contributed by atoms with Crippen LogP contribution < -0.4 is 5.73 Å². The van der Waals surface area contributed by atoms with E-state index in [0.717, 1.165) is 13.0 Å². The standard InChI is InChI=1S/C10H22N4/c1-13-6-8-14(9-7-13)5-3-2-4-12-10-11/h10H,2-9H2,1H3,(H2,11,12). The van der Waals surface area contributed by atoms with Crippen LogP contribution in [0.4, 0.5) is 0 Å². The molecule has 0 bridgehead atoms. The molecule has 0 saturated carbocycles. The van der Waals surface area contributed by atoms with Crippen LogP contribution in [0.25, 0.3) is 0 Å². The summed E-state index contributed by atoms with van der Waals surface area (Å²) in [6, 6.07) is 0. The van der Waals surface area contributed by atoms with Gasteiger partial charge in [-0.1, -0.05) is 0 Å². The monoisotopic (exact) mass is 198 g/mol. The second-order valence-corrected chi connectivity index (χ2v) is 3.91. The van der Waals surface area contributed by atoms with Gasteiger partial charge in [0.2, 0.25) is 0 Å². The zero-order valence-electron chi connectivity index (χ0n) is 9.15. The van der Waals surface area contributed by atoms with Gasteiger partial charge in [-0.2, -0.15) is 0 Å². The molecule has 0 aromatic heterocycles. The van der Waals surface area contributed by atoms with Crippen molar-refractivity contribution in [3.8, 4) is 0 Å². The SMILES string of the molecule is CN1CCN(CCCCN=CN)CC1. The molecular formula is C10H22N4. The molecule has 0 atom stereocenters. The molecule has 1 aliphatic rings. The highest BCUT2D eigenvalue weighted by atomic mass is 15.2. The first kappa shape index (κ1) is 11.5. The van der Waals surface area contributed by atoms with E-state index in [1.807, 2.05) is 0 Å². The van der Waals surface area contributed by atoms with E-state index >= 15 is 0 Å². The van der Waals surface area contributed by atoms with Crippen molar-refractivity contribution in [3.63, 3.8) is 0 Å². The van der Waals surface area contributed by atoms with Crippen LogP contribution in [0.15, 0.2) is 4.99 Å². The first-order valence-corrected chi connectivity index (χ1v) is 5.44. The number of nitrogens with two attached hydrogens (primary N) is 1. The topological polar surface area (TPSA) is 44.9 Å². The molecule has 0 radical (unpaired) electrons. The molecule has 4 nitrogen and oxygen atoms in total. The summed E-state index contributed by atoms with van der Waals surface area (Å²) in [5.41, 5.74) is 5.16. The summed E-state index contributed by atoms with van der Waals surface area (Å²) < 4.78 is 0. The second kappa shape index (κ2) is 6.79. The Balaban J connectivity index is 1.96. The number of hydrogen-bond acceptors (Lipinski definition) is 3. The van der Waals surface area contributed by atoms with E-state index in [1.54, 1.807) is 0 Å². The highest BCUT2D eigenvalue weighted by molar-refractivity contribution is 5.50. The lowest BCUT2D eigenvalue weighted by Gasteiger charge is -2.32. The lowest BCUT2D eigenvalue weighted by Crippen LogP contribution is -2.44. The predicted octanol–water partition coefficient (Wildman–Crippen LogP) is 0.00100. The van der Waals surface area contributed by atoms with E-state index in [4.69, 9.17) is 5.73 Å². The summed E-state index contributed by atoms with van der Waals surface area (Å²) in [4.78, 5) is 8.91. The van der Waals surface area contributed by atoms with E-state index in [9.17, 15) is 0 Å². The number of hydrogen-bond donors (Lipinski definition) is 1. The lowest BCUT2D eigenvalue weighted by molar-refractivity contribution is 0.152. The summed E-state index contributed by atoms with van der Waals surface area (Å²) in [7, 11) is 2.19. The van der Waals surface area contributed by atoms with Crippen molar-refractivity contribution in [2.45, 2.75) is 12.8 Å². The van der Waals surface area contributed by atoms with Gasteiger partial charge < -0.3 is 15.5 Å². The Labute approximate surface area is 86.8 Å². The van der Waals surface area contributed by atoms with Crippen molar-refractivity contribution in [3.05, 3.63) is 0 Å². The Morgan fingerprint density at radius 3 is 2.57 bits per heavy atom. The van der Waals surface area contributed by atoms with Crippen LogP contribution >= 0.6 is 0 Å². The Bertz CT molecular complexity index is 162. The molecule has 0 aliphatic carbocycles. The summed E-state index contributed by atoms with van der Waals surface area (Å²) in [6.07, 6.45) is 3.79. The third kappa shape index (κ3) is 4.58. The first-order chi connectivity index (χ1) is 6.83. The maximum atomic E-state index is 5.16. The average molecular weight is 198 g/mol. The molecule has 82 valence electrons. The van der Waals surface area contributed by atoms with Crippen LogP contribution in [0.3, 0.4) is 0 Å². The quantitative estimate of drug-likeness (QED) is 0.384. The van der Waals surface area contributed by atoms with E-state index in [2.05, 4.69) is 21.8 Å². The van der Waals surface area contributed by atoms with E-state index < -0.39 is 0 Å². The fourth-order valence-electron chi connectivity index (χ4n) is 1.68. The molecule has 1 fully saturated rings. The maximum absolute atomic E-state index is 5.16. The Morgan fingerprint density at radius 2 is 1.93 bits per heavy atom. The van der Waals surface area contributed by atoms with E-state index in [1.165, 1.54) is 45.5 Å². The number of unbranched alkanes of at least 4 members (excludes halogenated alkanes) is 1. The van der Waals surface area contributed by atoms with Crippen molar-refractivity contribution >= 4 is 6.34 Å². The third-order valence-corrected chi connectivity index (χ3v) is 2.71. The number of nitrogens with zero attached hydrogens (tertiary/aromatic N) is 3. The highest BCUT2D eigenvalue weighted by Gasteiger charge is 2.12. The van der Waals surface area contributed by atoms with Gasteiger partial charge in [0, 0.05) is 32.7 Å². The Kier molecular flexibility index (Phi) is 5.56. The fourth-order valence-corrected chi connectivity index (χ4v) is 1.68. The van der Waals surface area contributed by atoms with Gasteiger partial charge in [-0.05, 0) is 26.4 Å². The molecule has 2 N–H and O–H groups in total. The molecule has 0 aromatic carbocycles. The van der Waals surface area contributed by atoms with E-state index in [0.29, 0.717) is 0 Å². The van der Waals surface area contributed by atoms with Gasteiger partial charge >= 0.3 is 0 Å². The molecule has 1 aliphatic heterocycles. The minimum absolute atomic E-state index is 0.879. The van der Waals surface area contributed by atoms with Gasteiger partial charge in [-0.25, -0.2) is 0 Å².